The smallest absolute Gasteiger partial charge is 0.224 e. The molecule has 0 aliphatic carbocycles. The van der Waals surface area contributed by atoms with Crippen LogP contribution in [0.1, 0.15) is 17.5 Å². The molecule has 0 saturated carbocycles. The fourth-order valence-corrected chi connectivity index (χ4v) is 3.05. The summed E-state index contributed by atoms with van der Waals surface area (Å²) in [5, 5.41) is 4.11. The molecule has 0 radical (unpaired) electrons. The molecule has 0 unspecified atom stereocenters. The second-order valence-corrected chi connectivity index (χ2v) is 6.16. The fraction of sp³-hybridized carbons (Fsp3) is 0.286. The van der Waals surface area contributed by atoms with Crippen molar-refractivity contribution in [1.82, 2.24) is 9.88 Å². The van der Waals surface area contributed by atoms with Crippen molar-refractivity contribution in [3.8, 4) is 0 Å². The summed E-state index contributed by atoms with van der Waals surface area (Å²) in [5.74, 6) is 0.0544. The van der Waals surface area contributed by atoms with Gasteiger partial charge in [0.05, 0.1) is 6.42 Å². The third-order valence-electron chi connectivity index (χ3n) is 4.27. The number of aromatic nitrogens is 1. The minimum atomic E-state index is 0.0544. The molecule has 130 valence electrons. The molecule has 0 bridgehead atoms. The molecular formula is C21H24N2O2. The molecule has 0 spiro atoms. The topological polar surface area (TPSA) is 43.3 Å². The first-order valence-corrected chi connectivity index (χ1v) is 8.64. The lowest BCUT2D eigenvalue weighted by Gasteiger charge is -2.05. The molecule has 1 amide bonds. The van der Waals surface area contributed by atoms with Gasteiger partial charge in [-0.15, -0.1) is 0 Å². The van der Waals surface area contributed by atoms with Gasteiger partial charge < -0.3 is 14.6 Å². The van der Waals surface area contributed by atoms with Crippen LogP contribution in [0.3, 0.4) is 0 Å². The monoisotopic (exact) mass is 336 g/mol. The number of amides is 1. The van der Waals surface area contributed by atoms with E-state index in [0.29, 0.717) is 19.6 Å². The molecule has 1 aromatic heterocycles. The summed E-state index contributed by atoms with van der Waals surface area (Å²) in [4.78, 5) is 12.2. The van der Waals surface area contributed by atoms with E-state index in [-0.39, 0.29) is 5.91 Å². The summed E-state index contributed by atoms with van der Waals surface area (Å²) in [7, 11) is 1.67. The highest BCUT2D eigenvalue weighted by molar-refractivity contribution is 5.89. The lowest BCUT2D eigenvalue weighted by Crippen LogP contribution is -2.26. The number of ether oxygens (including phenoxy) is 1. The number of hydrogen-bond donors (Lipinski definition) is 1. The molecule has 0 fully saturated rings. The zero-order chi connectivity index (χ0) is 17.5. The van der Waals surface area contributed by atoms with Gasteiger partial charge in [-0.05, 0) is 23.6 Å². The van der Waals surface area contributed by atoms with Crippen molar-refractivity contribution >= 4 is 16.8 Å². The van der Waals surface area contributed by atoms with E-state index in [4.69, 9.17) is 4.74 Å². The molecule has 3 aromatic rings. The van der Waals surface area contributed by atoms with E-state index in [0.717, 1.165) is 29.4 Å². The first kappa shape index (κ1) is 17.2. The largest absolute Gasteiger partial charge is 0.385 e. The van der Waals surface area contributed by atoms with Crippen LogP contribution in [0.2, 0.25) is 0 Å². The molecular weight excluding hydrogens is 312 g/mol. The van der Waals surface area contributed by atoms with Crippen LogP contribution >= 0.6 is 0 Å². The van der Waals surface area contributed by atoms with Crippen molar-refractivity contribution in [3.05, 3.63) is 71.9 Å². The Balaban J connectivity index is 1.76. The Morgan fingerprint density at radius 2 is 1.84 bits per heavy atom. The highest BCUT2D eigenvalue weighted by atomic mass is 16.5. The zero-order valence-electron chi connectivity index (χ0n) is 14.6. The van der Waals surface area contributed by atoms with E-state index in [1.807, 2.05) is 18.2 Å². The maximum Gasteiger partial charge on any atom is 0.224 e. The molecule has 0 aliphatic heterocycles. The number of para-hydroxylation sites is 1. The lowest BCUT2D eigenvalue weighted by molar-refractivity contribution is -0.120. The van der Waals surface area contributed by atoms with E-state index in [9.17, 15) is 4.79 Å². The Labute approximate surface area is 148 Å². The van der Waals surface area contributed by atoms with Gasteiger partial charge in [0.1, 0.15) is 0 Å². The summed E-state index contributed by atoms with van der Waals surface area (Å²) in [5.41, 5.74) is 3.48. The minimum Gasteiger partial charge on any atom is -0.385 e. The Morgan fingerprint density at radius 3 is 2.64 bits per heavy atom. The predicted octanol–water partition coefficient (Wildman–Crippen LogP) is 3.38. The zero-order valence-corrected chi connectivity index (χ0v) is 14.6. The van der Waals surface area contributed by atoms with Crippen LogP contribution in [0.15, 0.2) is 60.8 Å². The Kier molecular flexibility index (Phi) is 5.86. The van der Waals surface area contributed by atoms with Gasteiger partial charge in [-0.2, -0.15) is 0 Å². The standard InChI is InChI=1S/C21H24N2O2/c1-25-13-7-12-22-21(24)14-18-16-23(15-17-8-3-2-4-9-17)20-11-6-5-10-19(18)20/h2-6,8-11,16H,7,12-15H2,1H3,(H,22,24). The van der Waals surface area contributed by atoms with Gasteiger partial charge in [-0.3, -0.25) is 4.79 Å². The van der Waals surface area contributed by atoms with Gasteiger partial charge in [0.25, 0.3) is 0 Å². The third kappa shape index (κ3) is 4.48. The predicted molar refractivity (Wildman–Crippen MR) is 101 cm³/mol. The van der Waals surface area contributed by atoms with Gasteiger partial charge >= 0.3 is 0 Å². The van der Waals surface area contributed by atoms with E-state index in [1.54, 1.807) is 7.11 Å². The fourth-order valence-electron chi connectivity index (χ4n) is 3.05. The van der Waals surface area contributed by atoms with E-state index in [1.165, 1.54) is 5.56 Å². The van der Waals surface area contributed by atoms with Crippen LogP contribution in [-0.4, -0.2) is 30.7 Å². The Morgan fingerprint density at radius 1 is 1.08 bits per heavy atom. The van der Waals surface area contributed by atoms with Crippen molar-refractivity contribution in [2.24, 2.45) is 0 Å². The number of methoxy groups -OCH3 is 1. The van der Waals surface area contributed by atoms with E-state index >= 15 is 0 Å². The summed E-state index contributed by atoms with van der Waals surface area (Å²) in [6.07, 6.45) is 3.33. The number of fused-ring (bicyclic) bond motifs is 1. The highest BCUT2D eigenvalue weighted by Crippen LogP contribution is 2.23. The Hall–Kier alpha value is -2.59. The van der Waals surface area contributed by atoms with Crippen LogP contribution in [0.5, 0.6) is 0 Å². The molecule has 2 aromatic carbocycles. The highest BCUT2D eigenvalue weighted by Gasteiger charge is 2.11. The maximum absolute atomic E-state index is 12.2. The SMILES string of the molecule is COCCCNC(=O)Cc1cn(Cc2ccccc2)c2ccccc12. The van der Waals surface area contributed by atoms with Crippen LogP contribution in [0.25, 0.3) is 10.9 Å². The second kappa shape index (κ2) is 8.49. The van der Waals surface area contributed by atoms with Crippen LogP contribution < -0.4 is 5.32 Å². The van der Waals surface area contributed by atoms with E-state index < -0.39 is 0 Å². The van der Waals surface area contributed by atoms with Crippen LogP contribution in [0.4, 0.5) is 0 Å². The van der Waals surface area contributed by atoms with Gasteiger partial charge in [0.15, 0.2) is 0 Å². The molecule has 4 nitrogen and oxygen atoms in total. The number of carbonyl (C=O) groups is 1. The van der Waals surface area contributed by atoms with Crippen molar-refractivity contribution < 1.29 is 9.53 Å². The van der Waals surface area contributed by atoms with Crippen molar-refractivity contribution in [2.75, 3.05) is 20.3 Å². The molecule has 25 heavy (non-hydrogen) atoms. The van der Waals surface area contributed by atoms with Gasteiger partial charge in [-0.25, -0.2) is 0 Å². The molecule has 1 N–H and O–H groups in total. The van der Waals surface area contributed by atoms with E-state index in [2.05, 4.69) is 52.5 Å². The number of nitrogens with zero attached hydrogens (tertiary/aromatic N) is 1. The number of hydrogen-bond acceptors (Lipinski definition) is 2. The van der Waals surface area contributed by atoms with Crippen LogP contribution in [-0.2, 0) is 22.5 Å². The normalized spacial score (nSPS) is 10.9. The van der Waals surface area contributed by atoms with Crippen molar-refractivity contribution in [2.45, 2.75) is 19.4 Å². The molecule has 0 saturated heterocycles. The summed E-state index contributed by atoms with van der Waals surface area (Å²) in [6, 6.07) is 18.6. The van der Waals surface area contributed by atoms with Gasteiger partial charge in [0.2, 0.25) is 5.91 Å². The second-order valence-electron chi connectivity index (χ2n) is 6.16. The summed E-state index contributed by atoms with van der Waals surface area (Å²) >= 11 is 0. The molecule has 3 rings (SSSR count). The average Bonchev–Trinajstić information content (AvgIpc) is 2.97. The molecule has 0 atom stereocenters. The molecule has 1 heterocycles. The number of benzene rings is 2. The van der Waals surface area contributed by atoms with Gasteiger partial charge in [0, 0.05) is 43.9 Å². The van der Waals surface area contributed by atoms with Crippen molar-refractivity contribution in [1.29, 1.82) is 0 Å². The summed E-state index contributed by atoms with van der Waals surface area (Å²) in [6.45, 7) is 2.11. The molecule has 4 heteroatoms. The van der Waals surface area contributed by atoms with Gasteiger partial charge in [-0.1, -0.05) is 48.5 Å². The quantitative estimate of drug-likeness (QED) is 0.641. The maximum atomic E-state index is 12.2. The average molecular weight is 336 g/mol. The number of carbonyl (C=O) groups excluding carboxylic acids is 1. The van der Waals surface area contributed by atoms with Crippen molar-refractivity contribution in [3.63, 3.8) is 0 Å². The first-order valence-electron chi connectivity index (χ1n) is 8.64. The first-order chi connectivity index (χ1) is 12.3. The summed E-state index contributed by atoms with van der Waals surface area (Å²) < 4.78 is 7.23. The van der Waals surface area contributed by atoms with Crippen LogP contribution in [0, 0.1) is 0 Å². The lowest BCUT2D eigenvalue weighted by atomic mass is 10.1. The minimum absolute atomic E-state index is 0.0544. The number of nitrogens with one attached hydrogen (secondary N) is 1. The molecule has 0 aliphatic rings. The number of rotatable bonds is 8. The Bertz CT molecular complexity index is 824. The third-order valence-corrected chi connectivity index (χ3v) is 4.27.